The van der Waals surface area contributed by atoms with E-state index in [4.69, 9.17) is 5.73 Å². The van der Waals surface area contributed by atoms with Crippen molar-refractivity contribution in [3.8, 4) is 0 Å². The first kappa shape index (κ1) is 17.0. The number of rotatable bonds is 4. The van der Waals surface area contributed by atoms with E-state index in [1.165, 1.54) is 22.4 Å². The van der Waals surface area contributed by atoms with Crippen molar-refractivity contribution >= 4 is 48.0 Å². The molecule has 0 atom stereocenters. The van der Waals surface area contributed by atoms with Crippen molar-refractivity contribution in [3.63, 3.8) is 0 Å². The maximum atomic E-state index is 10.8. The molecule has 0 aliphatic carbocycles. The Labute approximate surface area is 120 Å². The minimum absolute atomic E-state index is 0. The summed E-state index contributed by atoms with van der Waals surface area (Å²) in [4.78, 5) is 14.4. The molecule has 0 aromatic carbocycles. The molecule has 2 N–H and O–H groups in total. The number of nitrogens with zero attached hydrogens (tertiary/aromatic N) is 3. The van der Waals surface area contributed by atoms with Gasteiger partial charge in [0.2, 0.25) is 5.65 Å². The summed E-state index contributed by atoms with van der Waals surface area (Å²) in [6.07, 6.45) is 1.27. The number of pyridine rings is 1. The summed E-state index contributed by atoms with van der Waals surface area (Å²) < 4.78 is 1.53. The van der Waals surface area contributed by atoms with Gasteiger partial charge in [0.05, 0.1) is 0 Å². The zero-order valence-corrected chi connectivity index (χ0v) is 11.6. The van der Waals surface area contributed by atoms with Crippen molar-refractivity contribution in [2.75, 3.05) is 12.3 Å². The van der Waals surface area contributed by atoms with Gasteiger partial charge < -0.3 is 15.8 Å². The third-order valence-electron chi connectivity index (χ3n) is 2.03. The lowest BCUT2D eigenvalue weighted by Gasteiger charge is -2.00. The van der Waals surface area contributed by atoms with E-state index in [0.717, 1.165) is 5.03 Å². The smallest absolute Gasteiger partial charge is 0.348 e. The second-order valence-electron chi connectivity index (χ2n) is 3.07. The molecule has 0 aliphatic heterocycles. The quantitative estimate of drug-likeness (QED) is 0.531. The van der Waals surface area contributed by atoms with Crippen LogP contribution in [0.15, 0.2) is 29.4 Å². The largest absolute Gasteiger partial charge is 0.358 e. The van der Waals surface area contributed by atoms with Crippen LogP contribution in [-0.2, 0) is 0 Å². The van der Waals surface area contributed by atoms with Gasteiger partial charge in [0.25, 0.3) is 0 Å². The highest BCUT2D eigenvalue weighted by Crippen LogP contribution is 2.24. The number of hydrogen-bond donors (Lipinski definition) is 1. The third kappa shape index (κ3) is 3.26. The maximum absolute atomic E-state index is 10.8. The number of hydrogen-bond acceptors (Lipinski definition) is 5. The molecule has 18 heavy (non-hydrogen) atoms. The van der Waals surface area contributed by atoms with Crippen molar-refractivity contribution in [2.24, 2.45) is 5.73 Å². The molecular weight excluding hydrogens is 299 g/mol. The first-order chi connectivity index (χ1) is 7.74. The van der Waals surface area contributed by atoms with Crippen LogP contribution in [0.4, 0.5) is 5.82 Å². The molecule has 2 aromatic rings. The van der Waals surface area contributed by atoms with E-state index in [9.17, 15) is 10.1 Å². The van der Waals surface area contributed by atoms with Crippen LogP contribution >= 0.6 is 36.6 Å². The van der Waals surface area contributed by atoms with Crippen LogP contribution in [-0.4, -0.2) is 26.6 Å². The van der Waals surface area contributed by atoms with E-state index in [-0.39, 0.29) is 30.6 Å². The fourth-order valence-electron chi connectivity index (χ4n) is 1.40. The van der Waals surface area contributed by atoms with Gasteiger partial charge in [0.1, 0.15) is 6.20 Å². The number of aromatic nitrogens is 2. The predicted molar refractivity (Wildman–Crippen MR) is 76.1 cm³/mol. The zero-order valence-electron chi connectivity index (χ0n) is 9.18. The number of nitrogens with two attached hydrogens (primary N) is 1. The highest BCUT2D eigenvalue weighted by atomic mass is 35.5. The first-order valence-corrected chi connectivity index (χ1v) is 5.66. The number of thioether (sulfide) groups is 1. The molecule has 2 heterocycles. The monoisotopic (exact) mass is 310 g/mol. The molecule has 0 fully saturated rings. The van der Waals surface area contributed by atoms with E-state index in [2.05, 4.69) is 4.98 Å². The van der Waals surface area contributed by atoms with Gasteiger partial charge in [-0.1, -0.05) is 17.8 Å². The van der Waals surface area contributed by atoms with Gasteiger partial charge in [0, 0.05) is 18.4 Å². The molecule has 0 radical (unpaired) electrons. The Morgan fingerprint density at radius 1 is 1.44 bits per heavy atom. The minimum Gasteiger partial charge on any atom is -0.358 e. The Kier molecular flexibility index (Phi) is 7.00. The van der Waals surface area contributed by atoms with Crippen molar-refractivity contribution in [1.82, 2.24) is 9.38 Å². The summed E-state index contributed by atoms with van der Waals surface area (Å²) >= 11 is 1.48. The molecule has 0 aliphatic rings. The molecule has 0 bridgehead atoms. The van der Waals surface area contributed by atoms with E-state index in [0.29, 0.717) is 17.9 Å². The SMILES string of the molecule is Cl.Cl.NCCSc1cccc2ncc([N+](=O)[O-])n12. The van der Waals surface area contributed by atoms with E-state index in [1.807, 2.05) is 12.1 Å². The van der Waals surface area contributed by atoms with Gasteiger partial charge in [-0.2, -0.15) is 4.40 Å². The van der Waals surface area contributed by atoms with Crippen molar-refractivity contribution in [1.29, 1.82) is 0 Å². The Hall–Kier alpha value is -1.02. The van der Waals surface area contributed by atoms with Gasteiger partial charge in [-0.05, 0) is 11.0 Å². The maximum Gasteiger partial charge on any atom is 0.348 e. The summed E-state index contributed by atoms with van der Waals surface area (Å²) in [6.45, 7) is 0.531. The lowest BCUT2D eigenvalue weighted by molar-refractivity contribution is -0.390. The third-order valence-corrected chi connectivity index (χ3v) is 3.08. The fourth-order valence-corrected chi connectivity index (χ4v) is 2.21. The van der Waals surface area contributed by atoms with Crippen LogP contribution in [0.3, 0.4) is 0 Å². The summed E-state index contributed by atoms with van der Waals surface area (Å²) in [5.74, 6) is 0.698. The normalized spacial score (nSPS) is 9.61. The second kappa shape index (κ2) is 7.42. The van der Waals surface area contributed by atoms with E-state index >= 15 is 0 Å². The van der Waals surface area contributed by atoms with Crippen molar-refractivity contribution in [2.45, 2.75) is 5.03 Å². The minimum atomic E-state index is -0.438. The predicted octanol–water partition coefficient (Wildman–Crippen LogP) is 2.14. The van der Waals surface area contributed by atoms with Crippen LogP contribution in [0.2, 0.25) is 0 Å². The van der Waals surface area contributed by atoms with Gasteiger partial charge >= 0.3 is 5.82 Å². The number of nitro groups is 1. The first-order valence-electron chi connectivity index (χ1n) is 4.68. The molecule has 2 rings (SSSR count). The summed E-state index contributed by atoms with van der Waals surface area (Å²) in [7, 11) is 0. The zero-order chi connectivity index (χ0) is 11.5. The van der Waals surface area contributed by atoms with Crippen molar-refractivity contribution in [3.05, 3.63) is 34.5 Å². The van der Waals surface area contributed by atoms with Gasteiger partial charge in [-0.15, -0.1) is 24.8 Å². The van der Waals surface area contributed by atoms with Gasteiger partial charge in [0.15, 0.2) is 5.03 Å². The highest BCUT2D eigenvalue weighted by Gasteiger charge is 2.17. The highest BCUT2D eigenvalue weighted by molar-refractivity contribution is 7.99. The number of fused-ring (bicyclic) bond motifs is 1. The van der Waals surface area contributed by atoms with Crippen LogP contribution in [0, 0.1) is 10.1 Å². The van der Waals surface area contributed by atoms with Gasteiger partial charge in [-0.25, -0.2) is 4.98 Å². The van der Waals surface area contributed by atoms with Crippen LogP contribution < -0.4 is 5.73 Å². The molecule has 0 spiro atoms. The van der Waals surface area contributed by atoms with E-state index < -0.39 is 4.92 Å². The van der Waals surface area contributed by atoms with Crippen LogP contribution in [0.25, 0.3) is 5.65 Å². The Balaban J connectivity index is 0.00000144. The number of imidazole rings is 1. The molecule has 9 heteroatoms. The molecule has 0 saturated heterocycles. The summed E-state index contributed by atoms with van der Waals surface area (Å²) in [5.41, 5.74) is 5.99. The van der Waals surface area contributed by atoms with E-state index in [1.54, 1.807) is 6.07 Å². The van der Waals surface area contributed by atoms with Gasteiger partial charge in [-0.3, -0.25) is 0 Å². The van der Waals surface area contributed by atoms with Crippen LogP contribution in [0.1, 0.15) is 0 Å². The lowest BCUT2D eigenvalue weighted by Crippen LogP contribution is -2.03. The molecular formula is C9H12Cl2N4O2S. The molecule has 0 unspecified atom stereocenters. The topological polar surface area (TPSA) is 86.5 Å². The molecule has 100 valence electrons. The second-order valence-corrected chi connectivity index (χ2v) is 4.18. The Morgan fingerprint density at radius 3 is 2.78 bits per heavy atom. The molecule has 0 saturated carbocycles. The lowest BCUT2D eigenvalue weighted by atomic mass is 10.5. The molecule has 2 aromatic heterocycles. The fraction of sp³-hybridized carbons (Fsp3) is 0.222. The standard InChI is InChI=1S/C9H10N4O2S.2ClH/c10-4-5-16-9-3-1-2-7-11-6-8(12(7)9)13(14)15;;/h1-3,6H,4-5,10H2;2*1H. The average molecular weight is 311 g/mol. The molecule has 0 amide bonds. The summed E-state index contributed by atoms with van der Waals surface area (Å²) in [5, 5.41) is 11.6. The average Bonchev–Trinajstić information content (AvgIpc) is 2.70. The van der Waals surface area contributed by atoms with Crippen molar-refractivity contribution < 1.29 is 4.92 Å². The molecule has 6 nitrogen and oxygen atoms in total. The van der Waals surface area contributed by atoms with Crippen LogP contribution in [0.5, 0.6) is 0 Å². The Bertz CT molecular complexity index is 534. The summed E-state index contributed by atoms with van der Waals surface area (Å²) in [6, 6.07) is 5.38. The number of halogens is 2. The Morgan fingerprint density at radius 2 is 2.17 bits per heavy atom.